The van der Waals surface area contributed by atoms with Crippen molar-refractivity contribution in [2.75, 3.05) is 20.2 Å². The molecule has 1 fully saturated rings. The number of nitrogens with zero attached hydrogens (tertiary/aromatic N) is 2. The molecular formula is C23H22N2O3S. The summed E-state index contributed by atoms with van der Waals surface area (Å²) in [6.45, 7) is 2.06. The second-order valence-corrected chi connectivity index (χ2v) is 9.86. The van der Waals surface area contributed by atoms with E-state index in [2.05, 4.69) is 9.88 Å². The Morgan fingerprint density at radius 1 is 1.07 bits per heavy atom. The van der Waals surface area contributed by atoms with Crippen LogP contribution in [0.4, 0.5) is 0 Å². The predicted molar refractivity (Wildman–Crippen MR) is 112 cm³/mol. The van der Waals surface area contributed by atoms with Crippen molar-refractivity contribution >= 4 is 9.84 Å². The summed E-state index contributed by atoms with van der Waals surface area (Å²) in [5, 5.41) is -0.361. The summed E-state index contributed by atoms with van der Waals surface area (Å²) < 4.78 is 31.5. The summed E-state index contributed by atoms with van der Waals surface area (Å²) >= 11 is 0. The molecule has 2 aliphatic rings. The highest BCUT2D eigenvalue weighted by molar-refractivity contribution is 7.92. The zero-order valence-electron chi connectivity index (χ0n) is 16.2. The van der Waals surface area contributed by atoms with E-state index in [0.29, 0.717) is 11.4 Å². The van der Waals surface area contributed by atoms with Crippen molar-refractivity contribution in [1.29, 1.82) is 0 Å². The molecule has 0 radical (unpaired) electrons. The third kappa shape index (κ3) is 3.12. The zero-order chi connectivity index (χ0) is 20.0. The molecule has 2 unspecified atom stereocenters. The van der Waals surface area contributed by atoms with Crippen molar-refractivity contribution < 1.29 is 13.2 Å². The van der Waals surface area contributed by atoms with Crippen LogP contribution in [0, 0.1) is 0 Å². The van der Waals surface area contributed by atoms with Crippen LogP contribution in [0.3, 0.4) is 0 Å². The summed E-state index contributed by atoms with van der Waals surface area (Å²) in [5.41, 5.74) is 4.13. The maximum atomic E-state index is 13.1. The van der Waals surface area contributed by atoms with Crippen LogP contribution in [0.2, 0.25) is 0 Å². The number of likely N-dealkylation sites (tertiary alicyclic amines) is 1. The van der Waals surface area contributed by atoms with Crippen LogP contribution in [-0.2, 0) is 16.4 Å². The van der Waals surface area contributed by atoms with Gasteiger partial charge in [0.05, 0.1) is 17.3 Å². The van der Waals surface area contributed by atoms with Gasteiger partial charge in [0, 0.05) is 37.9 Å². The number of benzene rings is 2. The van der Waals surface area contributed by atoms with Crippen molar-refractivity contribution in [3.8, 4) is 16.9 Å². The van der Waals surface area contributed by atoms with Gasteiger partial charge in [-0.25, -0.2) is 8.42 Å². The molecule has 29 heavy (non-hydrogen) atoms. The van der Waals surface area contributed by atoms with Crippen molar-refractivity contribution in [2.45, 2.75) is 22.6 Å². The lowest BCUT2D eigenvalue weighted by molar-refractivity contribution is 0.325. The lowest BCUT2D eigenvalue weighted by Crippen LogP contribution is -2.25. The minimum atomic E-state index is -3.30. The maximum Gasteiger partial charge on any atom is 0.183 e. The number of aromatic nitrogens is 1. The average molecular weight is 407 g/mol. The first-order valence-electron chi connectivity index (χ1n) is 9.70. The SMILES string of the molecule is COc1ccc(CN2CC3c4cc(-c5cccnc5)ccc4S(=O)(=O)C3C2)cc1. The first kappa shape index (κ1) is 18.3. The van der Waals surface area contributed by atoms with Gasteiger partial charge in [-0.3, -0.25) is 9.88 Å². The van der Waals surface area contributed by atoms with E-state index in [9.17, 15) is 8.42 Å². The van der Waals surface area contributed by atoms with Gasteiger partial charge in [-0.15, -0.1) is 0 Å². The molecule has 148 valence electrons. The van der Waals surface area contributed by atoms with E-state index in [1.807, 2.05) is 54.7 Å². The van der Waals surface area contributed by atoms with Crippen LogP contribution < -0.4 is 4.74 Å². The molecule has 0 spiro atoms. The van der Waals surface area contributed by atoms with E-state index in [1.165, 1.54) is 0 Å². The number of pyridine rings is 1. The summed E-state index contributed by atoms with van der Waals surface area (Å²) in [4.78, 5) is 6.93. The summed E-state index contributed by atoms with van der Waals surface area (Å²) in [6.07, 6.45) is 3.55. The topological polar surface area (TPSA) is 59.5 Å². The molecule has 2 atom stereocenters. The third-order valence-electron chi connectivity index (χ3n) is 6.02. The molecule has 0 aliphatic carbocycles. The van der Waals surface area contributed by atoms with E-state index >= 15 is 0 Å². The van der Waals surface area contributed by atoms with Crippen LogP contribution in [0.25, 0.3) is 11.1 Å². The number of fused-ring (bicyclic) bond motifs is 3. The van der Waals surface area contributed by atoms with Gasteiger partial charge in [-0.2, -0.15) is 0 Å². The number of hydrogen-bond acceptors (Lipinski definition) is 5. The highest BCUT2D eigenvalue weighted by atomic mass is 32.2. The van der Waals surface area contributed by atoms with Gasteiger partial charge in [0.2, 0.25) is 0 Å². The van der Waals surface area contributed by atoms with Crippen LogP contribution in [-0.4, -0.2) is 43.8 Å². The first-order valence-corrected chi connectivity index (χ1v) is 11.2. The van der Waals surface area contributed by atoms with Gasteiger partial charge in [0.1, 0.15) is 5.75 Å². The molecule has 0 amide bonds. The Morgan fingerprint density at radius 2 is 1.90 bits per heavy atom. The molecule has 2 aromatic carbocycles. The summed E-state index contributed by atoms with van der Waals surface area (Å²) in [6, 6.07) is 17.6. The number of sulfone groups is 1. The van der Waals surface area contributed by atoms with Gasteiger partial charge in [-0.05, 0) is 52.6 Å². The number of hydrogen-bond donors (Lipinski definition) is 0. The standard InChI is InChI=1S/C23H22N2O3S/c1-28-19-7-4-16(5-8-19)13-25-14-21-20-11-17(18-3-2-10-24-12-18)6-9-22(20)29(26,27)23(21)15-25/h2-12,21,23H,13-15H2,1H3. The highest BCUT2D eigenvalue weighted by Crippen LogP contribution is 2.46. The average Bonchev–Trinajstić information content (AvgIpc) is 3.26. The minimum Gasteiger partial charge on any atom is -0.497 e. The summed E-state index contributed by atoms with van der Waals surface area (Å²) in [7, 11) is -1.64. The molecule has 6 heteroatoms. The second-order valence-electron chi connectivity index (χ2n) is 7.73. The maximum absolute atomic E-state index is 13.1. The fourth-order valence-corrected chi connectivity index (χ4v) is 6.75. The molecule has 1 aromatic heterocycles. The number of rotatable bonds is 4. The van der Waals surface area contributed by atoms with Crippen molar-refractivity contribution in [2.24, 2.45) is 0 Å². The van der Waals surface area contributed by atoms with Crippen molar-refractivity contribution in [1.82, 2.24) is 9.88 Å². The molecule has 3 aromatic rings. The monoisotopic (exact) mass is 406 g/mol. The fraction of sp³-hybridized carbons (Fsp3) is 0.261. The molecule has 2 aliphatic heterocycles. The Kier molecular flexibility index (Phi) is 4.41. The molecule has 1 saturated heterocycles. The van der Waals surface area contributed by atoms with E-state index < -0.39 is 9.84 Å². The second kappa shape index (κ2) is 6.97. The quantitative estimate of drug-likeness (QED) is 0.664. The Balaban J connectivity index is 1.43. The highest BCUT2D eigenvalue weighted by Gasteiger charge is 2.50. The first-order chi connectivity index (χ1) is 14.1. The Labute approximate surface area is 170 Å². The van der Waals surface area contributed by atoms with Crippen molar-refractivity contribution in [3.05, 3.63) is 78.1 Å². The van der Waals surface area contributed by atoms with E-state index in [1.54, 1.807) is 19.4 Å². The third-order valence-corrected chi connectivity index (χ3v) is 8.28. The zero-order valence-corrected chi connectivity index (χ0v) is 17.0. The minimum absolute atomic E-state index is 0.0184. The van der Waals surface area contributed by atoms with E-state index in [4.69, 9.17) is 4.74 Å². The molecule has 0 bridgehead atoms. The molecule has 0 N–H and O–H groups in total. The van der Waals surface area contributed by atoms with Gasteiger partial charge in [0.15, 0.2) is 9.84 Å². The largest absolute Gasteiger partial charge is 0.497 e. The molecular weight excluding hydrogens is 384 g/mol. The summed E-state index contributed by atoms with van der Waals surface area (Å²) in [5.74, 6) is 0.844. The Morgan fingerprint density at radius 3 is 2.62 bits per heavy atom. The lowest BCUT2D eigenvalue weighted by atomic mass is 9.95. The van der Waals surface area contributed by atoms with Crippen LogP contribution in [0.5, 0.6) is 5.75 Å². The smallest absolute Gasteiger partial charge is 0.183 e. The molecule has 5 rings (SSSR count). The van der Waals surface area contributed by atoms with Crippen LogP contribution in [0.15, 0.2) is 71.9 Å². The van der Waals surface area contributed by atoms with Crippen molar-refractivity contribution in [3.63, 3.8) is 0 Å². The van der Waals surface area contributed by atoms with Crippen LogP contribution in [0.1, 0.15) is 17.0 Å². The van der Waals surface area contributed by atoms with Gasteiger partial charge in [0.25, 0.3) is 0 Å². The van der Waals surface area contributed by atoms with E-state index in [0.717, 1.165) is 41.1 Å². The number of ether oxygens (including phenoxy) is 1. The molecule has 0 saturated carbocycles. The fourth-order valence-electron chi connectivity index (χ4n) is 4.56. The normalized spacial score (nSPS) is 22.2. The number of methoxy groups -OCH3 is 1. The Bertz CT molecular complexity index is 1140. The van der Waals surface area contributed by atoms with Gasteiger partial charge < -0.3 is 4.74 Å². The molecule has 3 heterocycles. The van der Waals surface area contributed by atoms with E-state index in [-0.39, 0.29) is 11.2 Å². The molecule has 5 nitrogen and oxygen atoms in total. The van der Waals surface area contributed by atoms with Gasteiger partial charge >= 0.3 is 0 Å². The van der Waals surface area contributed by atoms with Crippen LogP contribution >= 0.6 is 0 Å². The lowest BCUT2D eigenvalue weighted by Gasteiger charge is -2.18. The Hall–Kier alpha value is -2.70. The predicted octanol–water partition coefficient (Wildman–Crippen LogP) is 3.51. The van der Waals surface area contributed by atoms with Gasteiger partial charge in [-0.1, -0.05) is 24.3 Å².